The van der Waals surface area contributed by atoms with Crippen LogP contribution in [0.25, 0.3) is 0 Å². The first-order chi connectivity index (χ1) is 12.2. The van der Waals surface area contributed by atoms with E-state index in [-0.39, 0.29) is 12.5 Å². The van der Waals surface area contributed by atoms with Crippen molar-refractivity contribution in [1.29, 1.82) is 0 Å². The summed E-state index contributed by atoms with van der Waals surface area (Å²) in [5.41, 5.74) is 1.59. The molecule has 0 fully saturated rings. The number of ether oxygens (including phenoxy) is 2. The van der Waals surface area contributed by atoms with Crippen molar-refractivity contribution in [3.63, 3.8) is 0 Å². The minimum atomic E-state index is -0.0986. The number of rotatable bonds is 6. The molecule has 0 spiro atoms. The number of aromatic nitrogens is 1. The first-order valence-electron chi connectivity index (χ1n) is 8.17. The van der Waals surface area contributed by atoms with E-state index in [1.165, 1.54) is 0 Å². The maximum absolute atomic E-state index is 12.4. The van der Waals surface area contributed by atoms with Gasteiger partial charge in [0.25, 0.3) is 0 Å². The van der Waals surface area contributed by atoms with Gasteiger partial charge in [-0.05, 0) is 24.7 Å². The summed E-state index contributed by atoms with van der Waals surface area (Å²) in [5.74, 6) is 1.25. The van der Waals surface area contributed by atoms with Gasteiger partial charge in [0.05, 0.1) is 6.54 Å². The zero-order chi connectivity index (χ0) is 17.6. The molecule has 0 aliphatic carbocycles. The third-order valence-corrected chi connectivity index (χ3v) is 4.21. The molecular weight excluding hydrogens is 342 g/mol. The second-order valence-corrected chi connectivity index (χ2v) is 6.02. The van der Waals surface area contributed by atoms with Gasteiger partial charge >= 0.3 is 0 Å². The Morgan fingerprint density at radius 2 is 2.08 bits per heavy atom. The van der Waals surface area contributed by atoms with E-state index in [4.69, 9.17) is 21.1 Å². The summed E-state index contributed by atoms with van der Waals surface area (Å²) >= 11 is 6.09. The molecule has 0 saturated carbocycles. The number of benzene rings is 1. The van der Waals surface area contributed by atoms with Gasteiger partial charge in [-0.2, -0.15) is 0 Å². The van der Waals surface area contributed by atoms with Crippen molar-refractivity contribution in [3.8, 4) is 11.5 Å². The predicted octanol–water partition coefficient (Wildman–Crippen LogP) is 2.97. The molecule has 1 amide bonds. The SMILES string of the molecule is CCN(CC(=O)Nc1ccc2c(c1)OCCO2)Cc1cccnc1Cl. The number of halogens is 1. The maximum Gasteiger partial charge on any atom is 0.238 e. The largest absolute Gasteiger partial charge is 0.486 e. The minimum Gasteiger partial charge on any atom is -0.486 e. The van der Waals surface area contributed by atoms with E-state index in [9.17, 15) is 4.79 Å². The second kappa shape index (κ2) is 8.18. The van der Waals surface area contributed by atoms with Gasteiger partial charge in [0, 0.05) is 30.1 Å². The van der Waals surface area contributed by atoms with Crippen LogP contribution in [-0.4, -0.2) is 42.1 Å². The molecule has 7 heteroatoms. The van der Waals surface area contributed by atoms with Crippen molar-refractivity contribution in [1.82, 2.24) is 9.88 Å². The Morgan fingerprint density at radius 1 is 1.28 bits per heavy atom. The molecule has 1 aliphatic heterocycles. The molecule has 1 aliphatic rings. The molecule has 0 bridgehead atoms. The van der Waals surface area contributed by atoms with Crippen LogP contribution in [0.5, 0.6) is 11.5 Å². The molecule has 1 aromatic heterocycles. The third kappa shape index (κ3) is 4.61. The van der Waals surface area contributed by atoms with Crippen LogP contribution in [0, 0.1) is 0 Å². The fourth-order valence-electron chi connectivity index (χ4n) is 2.58. The number of fused-ring (bicyclic) bond motifs is 1. The molecule has 3 rings (SSSR count). The normalized spacial score (nSPS) is 12.9. The number of likely N-dealkylation sites (N-methyl/N-ethyl adjacent to an activating group) is 1. The van der Waals surface area contributed by atoms with Crippen molar-refractivity contribution in [2.45, 2.75) is 13.5 Å². The molecule has 0 radical (unpaired) electrons. The van der Waals surface area contributed by atoms with Crippen LogP contribution in [0.1, 0.15) is 12.5 Å². The molecule has 1 aromatic carbocycles. The van der Waals surface area contributed by atoms with Crippen LogP contribution in [0.15, 0.2) is 36.5 Å². The lowest BCUT2D eigenvalue weighted by Crippen LogP contribution is -2.32. The number of carbonyl (C=O) groups excluding carboxylic acids is 1. The quantitative estimate of drug-likeness (QED) is 0.801. The van der Waals surface area contributed by atoms with E-state index in [0.717, 1.165) is 12.1 Å². The number of anilines is 1. The molecule has 132 valence electrons. The minimum absolute atomic E-state index is 0.0986. The molecule has 0 saturated heterocycles. The second-order valence-electron chi connectivity index (χ2n) is 5.66. The third-order valence-electron chi connectivity index (χ3n) is 3.87. The Hall–Kier alpha value is -2.31. The van der Waals surface area contributed by atoms with Crippen LogP contribution in [0.4, 0.5) is 5.69 Å². The Balaban J connectivity index is 1.60. The fourth-order valence-corrected chi connectivity index (χ4v) is 2.76. The zero-order valence-corrected chi connectivity index (χ0v) is 14.8. The maximum atomic E-state index is 12.4. The molecule has 6 nitrogen and oxygen atoms in total. The summed E-state index contributed by atoms with van der Waals surface area (Å²) in [6, 6.07) is 9.14. The number of hydrogen-bond acceptors (Lipinski definition) is 5. The van der Waals surface area contributed by atoms with Gasteiger partial charge in [0.15, 0.2) is 11.5 Å². The molecule has 2 aromatic rings. The first kappa shape index (κ1) is 17.5. The summed E-state index contributed by atoms with van der Waals surface area (Å²) in [5, 5.41) is 3.36. The highest BCUT2D eigenvalue weighted by Gasteiger charge is 2.15. The van der Waals surface area contributed by atoms with Crippen molar-refractivity contribution in [3.05, 3.63) is 47.2 Å². The fraction of sp³-hybridized carbons (Fsp3) is 0.333. The van der Waals surface area contributed by atoms with Crippen LogP contribution < -0.4 is 14.8 Å². The van der Waals surface area contributed by atoms with E-state index >= 15 is 0 Å². The zero-order valence-electron chi connectivity index (χ0n) is 14.0. The van der Waals surface area contributed by atoms with E-state index in [2.05, 4.69) is 10.3 Å². The summed E-state index contributed by atoms with van der Waals surface area (Å²) in [6.45, 7) is 4.61. The summed E-state index contributed by atoms with van der Waals surface area (Å²) in [6.07, 6.45) is 1.65. The van der Waals surface area contributed by atoms with E-state index in [0.29, 0.717) is 42.1 Å². The molecule has 25 heavy (non-hydrogen) atoms. The molecule has 2 heterocycles. The summed E-state index contributed by atoms with van der Waals surface area (Å²) < 4.78 is 11.0. The number of carbonyl (C=O) groups is 1. The van der Waals surface area contributed by atoms with Crippen molar-refractivity contribution < 1.29 is 14.3 Å². The van der Waals surface area contributed by atoms with Crippen molar-refractivity contribution >= 4 is 23.2 Å². The number of nitrogens with zero attached hydrogens (tertiary/aromatic N) is 2. The Morgan fingerprint density at radius 3 is 2.84 bits per heavy atom. The van der Waals surface area contributed by atoms with Crippen LogP contribution >= 0.6 is 11.6 Å². The highest BCUT2D eigenvalue weighted by Crippen LogP contribution is 2.32. The van der Waals surface area contributed by atoms with E-state index in [1.807, 2.05) is 24.0 Å². The van der Waals surface area contributed by atoms with Crippen molar-refractivity contribution in [2.24, 2.45) is 0 Å². The topological polar surface area (TPSA) is 63.7 Å². The van der Waals surface area contributed by atoms with Gasteiger partial charge in [0.1, 0.15) is 18.4 Å². The summed E-state index contributed by atoms with van der Waals surface area (Å²) in [7, 11) is 0. The highest BCUT2D eigenvalue weighted by atomic mass is 35.5. The van der Waals surface area contributed by atoms with Gasteiger partial charge in [-0.1, -0.05) is 24.6 Å². The van der Waals surface area contributed by atoms with Crippen LogP contribution in [0.2, 0.25) is 5.15 Å². The van der Waals surface area contributed by atoms with Gasteiger partial charge in [0.2, 0.25) is 5.91 Å². The summed E-state index contributed by atoms with van der Waals surface area (Å²) in [4.78, 5) is 18.4. The predicted molar refractivity (Wildman–Crippen MR) is 96.3 cm³/mol. The standard InChI is InChI=1S/C18H20ClN3O3/c1-2-22(11-13-4-3-7-20-18(13)19)12-17(23)21-14-5-6-15-16(10-14)25-9-8-24-15/h3-7,10H,2,8-9,11-12H2,1H3,(H,21,23). The Bertz CT molecular complexity index is 754. The molecule has 0 atom stereocenters. The average Bonchev–Trinajstić information content (AvgIpc) is 2.62. The van der Waals surface area contributed by atoms with E-state index < -0.39 is 0 Å². The number of nitrogens with one attached hydrogen (secondary N) is 1. The first-order valence-corrected chi connectivity index (χ1v) is 8.54. The monoisotopic (exact) mass is 361 g/mol. The lowest BCUT2D eigenvalue weighted by atomic mass is 10.2. The average molecular weight is 362 g/mol. The van der Waals surface area contributed by atoms with Gasteiger partial charge < -0.3 is 14.8 Å². The number of amides is 1. The van der Waals surface area contributed by atoms with E-state index in [1.54, 1.807) is 24.4 Å². The molecule has 0 unspecified atom stereocenters. The lowest BCUT2D eigenvalue weighted by Gasteiger charge is -2.21. The number of hydrogen-bond donors (Lipinski definition) is 1. The Kier molecular flexibility index (Phi) is 5.73. The molecule has 1 N–H and O–H groups in total. The number of pyridine rings is 1. The van der Waals surface area contributed by atoms with Crippen LogP contribution in [0.3, 0.4) is 0 Å². The lowest BCUT2D eigenvalue weighted by molar-refractivity contribution is -0.117. The van der Waals surface area contributed by atoms with Gasteiger partial charge in [-0.15, -0.1) is 0 Å². The van der Waals surface area contributed by atoms with Gasteiger partial charge in [-0.25, -0.2) is 4.98 Å². The van der Waals surface area contributed by atoms with Crippen LogP contribution in [-0.2, 0) is 11.3 Å². The highest BCUT2D eigenvalue weighted by molar-refractivity contribution is 6.30. The van der Waals surface area contributed by atoms with Crippen molar-refractivity contribution in [2.75, 3.05) is 31.6 Å². The Labute approximate surface area is 151 Å². The smallest absolute Gasteiger partial charge is 0.238 e. The molecular formula is C18H20ClN3O3. The van der Waals surface area contributed by atoms with Gasteiger partial charge in [-0.3, -0.25) is 9.69 Å².